The van der Waals surface area contributed by atoms with Crippen LogP contribution in [0.15, 0.2) is 34.1 Å². The zero-order valence-electron chi connectivity index (χ0n) is 12.2. The van der Waals surface area contributed by atoms with Gasteiger partial charge in [0, 0.05) is 12.1 Å². The monoisotopic (exact) mass is 427 g/mol. The van der Waals surface area contributed by atoms with Crippen LogP contribution in [0.2, 0.25) is 0 Å². The van der Waals surface area contributed by atoms with E-state index < -0.39 is 11.7 Å². The summed E-state index contributed by atoms with van der Waals surface area (Å²) >= 11 is 2.13. The van der Waals surface area contributed by atoms with Crippen molar-refractivity contribution in [3.8, 4) is 0 Å². The van der Waals surface area contributed by atoms with E-state index in [1.807, 2.05) is 6.92 Å². The fourth-order valence-electron chi connectivity index (χ4n) is 1.52. The zero-order chi connectivity index (χ0) is 16.8. The number of nitrogens with one attached hydrogen (secondary N) is 1. The largest absolute Gasteiger partial charge is 0.416 e. The number of hydrogen-bond acceptors (Lipinski definition) is 5. The van der Waals surface area contributed by atoms with Crippen LogP contribution in [0.5, 0.6) is 0 Å². The first kappa shape index (κ1) is 18.8. The highest BCUT2D eigenvalue weighted by Gasteiger charge is 2.31. The number of halogens is 4. The van der Waals surface area contributed by atoms with E-state index in [0.717, 1.165) is 18.6 Å². The molecule has 1 rings (SSSR count). The molecule has 1 aromatic heterocycles. The van der Waals surface area contributed by atoms with Gasteiger partial charge in [0.15, 0.2) is 0 Å². The maximum absolute atomic E-state index is 12.8. The summed E-state index contributed by atoms with van der Waals surface area (Å²) in [5.74, 6) is 5.13. The van der Waals surface area contributed by atoms with Crippen LogP contribution in [0, 0.1) is 0 Å². The molecule has 0 amide bonds. The molecule has 0 aliphatic rings. The fourth-order valence-corrected chi connectivity index (χ4v) is 1.64. The third-order valence-electron chi connectivity index (χ3n) is 2.70. The highest BCUT2D eigenvalue weighted by Crippen LogP contribution is 2.31. The Morgan fingerprint density at radius 2 is 2.18 bits per heavy atom. The Hall–Kier alpha value is -1.23. The van der Waals surface area contributed by atoms with E-state index in [9.17, 15) is 13.2 Å². The van der Waals surface area contributed by atoms with Crippen molar-refractivity contribution in [3.63, 3.8) is 0 Å². The topological polar surface area (TPSA) is 75.7 Å². The molecule has 0 aromatic carbocycles. The lowest BCUT2D eigenvalue weighted by Gasteiger charge is -2.11. The van der Waals surface area contributed by atoms with E-state index in [1.54, 1.807) is 13.0 Å². The van der Waals surface area contributed by atoms with Crippen LogP contribution in [-0.2, 0) is 12.6 Å². The quantitative estimate of drug-likeness (QED) is 0.176. The molecule has 0 saturated heterocycles. The van der Waals surface area contributed by atoms with Gasteiger partial charge in [0.2, 0.25) is 0 Å². The molecule has 0 spiro atoms. The van der Waals surface area contributed by atoms with Gasteiger partial charge in [0.05, 0.1) is 11.3 Å². The van der Waals surface area contributed by atoms with Crippen molar-refractivity contribution >= 4 is 28.4 Å². The van der Waals surface area contributed by atoms with E-state index >= 15 is 0 Å². The summed E-state index contributed by atoms with van der Waals surface area (Å²) in [7, 11) is 0. The number of anilines is 1. The number of alkyl halides is 4. The standard InChI is InChI=1S/C13H17F3IN5/c1-3-9(21-22-11(17)4-2)7-10-5-8(13(14,15)16)6-12(19-10)20-18/h3,5-6,11H,4,7,18H2,1-2H3,(H,19,20)/b9-3-,22-21?. The lowest BCUT2D eigenvalue weighted by atomic mass is 10.1. The minimum absolute atomic E-state index is 0.0308. The number of rotatable bonds is 6. The molecule has 22 heavy (non-hydrogen) atoms. The summed E-state index contributed by atoms with van der Waals surface area (Å²) in [5, 5.41) is 8.14. The second-order valence-electron chi connectivity index (χ2n) is 4.39. The molecule has 5 nitrogen and oxygen atoms in total. The Balaban J connectivity index is 3.03. The lowest BCUT2D eigenvalue weighted by molar-refractivity contribution is -0.137. The van der Waals surface area contributed by atoms with Gasteiger partial charge in [-0.2, -0.15) is 23.4 Å². The summed E-state index contributed by atoms with van der Waals surface area (Å²) in [5.41, 5.74) is 2.10. The van der Waals surface area contributed by atoms with Crippen LogP contribution >= 0.6 is 22.6 Å². The van der Waals surface area contributed by atoms with Gasteiger partial charge in [-0.25, -0.2) is 10.8 Å². The normalized spacial score (nSPS) is 14.4. The predicted molar refractivity (Wildman–Crippen MR) is 87.5 cm³/mol. The van der Waals surface area contributed by atoms with Crippen molar-refractivity contribution in [1.82, 2.24) is 4.98 Å². The molecule has 1 atom stereocenters. The summed E-state index contributed by atoms with van der Waals surface area (Å²) in [6.07, 6.45) is -1.80. The van der Waals surface area contributed by atoms with Crippen LogP contribution in [0.4, 0.5) is 19.0 Å². The van der Waals surface area contributed by atoms with E-state index in [-0.39, 0.29) is 22.0 Å². The molecule has 0 fully saturated rings. The van der Waals surface area contributed by atoms with Crippen molar-refractivity contribution in [2.75, 3.05) is 5.43 Å². The molecule has 1 heterocycles. The van der Waals surface area contributed by atoms with Crippen molar-refractivity contribution in [1.29, 1.82) is 0 Å². The number of azo groups is 1. The van der Waals surface area contributed by atoms with Crippen molar-refractivity contribution in [2.45, 2.75) is 36.9 Å². The Kier molecular flexibility index (Phi) is 7.20. The number of nitrogens with zero attached hydrogens (tertiary/aromatic N) is 3. The van der Waals surface area contributed by atoms with E-state index in [1.165, 1.54) is 0 Å². The first-order valence-corrected chi connectivity index (χ1v) is 7.79. The Morgan fingerprint density at radius 3 is 2.68 bits per heavy atom. The summed E-state index contributed by atoms with van der Waals surface area (Å²) < 4.78 is 38.6. The maximum Gasteiger partial charge on any atom is 0.416 e. The average Bonchev–Trinajstić information content (AvgIpc) is 2.49. The number of nitrogens with two attached hydrogens (primary N) is 1. The number of nitrogen functional groups attached to an aromatic ring is 1. The van der Waals surface area contributed by atoms with Gasteiger partial charge in [-0.1, -0.05) is 35.6 Å². The lowest BCUT2D eigenvalue weighted by Crippen LogP contribution is -2.13. The van der Waals surface area contributed by atoms with Crippen molar-refractivity contribution in [3.05, 3.63) is 35.2 Å². The Labute approximate surface area is 140 Å². The molecular weight excluding hydrogens is 410 g/mol. The highest BCUT2D eigenvalue weighted by molar-refractivity contribution is 14.1. The summed E-state index contributed by atoms with van der Waals surface area (Å²) in [6.45, 7) is 3.72. The molecule has 0 aliphatic carbocycles. The number of aromatic nitrogens is 1. The second kappa shape index (κ2) is 8.42. The van der Waals surface area contributed by atoms with Crippen LogP contribution in [-0.4, -0.2) is 9.03 Å². The third-order valence-corrected chi connectivity index (χ3v) is 3.83. The second-order valence-corrected chi connectivity index (χ2v) is 5.83. The SMILES string of the molecule is C/C=C(/Cc1cc(C(F)(F)F)cc(NN)n1)N=NC(I)CC. The van der Waals surface area contributed by atoms with Gasteiger partial charge < -0.3 is 5.43 Å². The van der Waals surface area contributed by atoms with Crippen LogP contribution < -0.4 is 11.3 Å². The highest BCUT2D eigenvalue weighted by atomic mass is 127. The number of allylic oxidation sites excluding steroid dienone is 2. The molecule has 0 saturated carbocycles. The van der Waals surface area contributed by atoms with Gasteiger partial charge in [-0.05, 0) is 25.5 Å². The maximum atomic E-state index is 12.8. The molecule has 0 radical (unpaired) electrons. The molecule has 1 unspecified atom stereocenters. The third kappa shape index (κ3) is 5.87. The van der Waals surface area contributed by atoms with E-state index in [4.69, 9.17) is 5.84 Å². The first-order valence-electron chi connectivity index (χ1n) is 6.55. The minimum Gasteiger partial charge on any atom is -0.308 e. The zero-order valence-corrected chi connectivity index (χ0v) is 14.3. The summed E-state index contributed by atoms with van der Waals surface area (Å²) in [4.78, 5) is 4.02. The van der Waals surface area contributed by atoms with Gasteiger partial charge in [0.25, 0.3) is 0 Å². The predicted octanol–water partition coefficient (Wildman–Crippen LogP) is 4.46. The van der Waals surface area contributed by atoms with E-state index in [2.05, 4.69) is 43.2 Å². The molecule has 1 aromatic rings. The molecule has 3 N–H and O–H groups in total. The van der Waals surface area contributed by atoms with Crippen LogP contribution in [0.25, 0.3) is 0 Å². The molecule has 0 aliphatic heterocycles. The number of pyridine rings is 1. The Bertz CT molecular complexity index is 557. The smallest absolute Gasteiger partial charge is 0.308 e. The van der Waals surface area contributed by atoms with Gasteiger partial charge in [-0.3, -0.25) is 0 Å². The van der Waals surface area contributed by atoms with Crippen molar-refractivity contribution < 1.29 is 13.2 Å². The summed E-state index contributed by atoms with van der Waals surface area (Å²) in [6, 6.07) is 1.85. The molecule has 9 heteroatoms. The number of hydrazine groups is 1. The van der Waals surface area contributed by atoms with E-state index in [0.29, 0.717) is 5.70 Å². The Morgan fingerprint density at radius 1 is 1.50 bits per heavy atom. The van der Waals surface area contributed by atoms with Gasteiger partial charge >= 0.3 is 6.18 Å². The fraction of sp³-hybridized carbons (Fsp3) is 0.462. The minimum atomic E-state index is -4.46. The average molecular weight is 427 g/mol. The number of hydrogen-bond donors (Lipinski definition) is 2. The van der Waals surface area contributed by atoms with Crippen LogP contribution in [0.3, 0.4) is 0 Å². The van der Waals surface area contributed by atoms with Crippen LogP contribution in [0.1, 0.15) is 31.5 Å². The van der Waals surface area contributed by atoms with Gasteiger partial charge in [-0.15, -0.1) is 0 Å². The molecule has 0 bridgehead atoms. The molecule has 122 valence electrons. The van der Waals surface area contributed by atoms with Gasteiger partial charge in [0.1, 0.15) is 9.87 Å². The first-order chi connectivity index (χ1) is 10.3. The van der Waals surface area contributed by atoms with Crippen molar-refractivity contribution in [2.24, 2.45) is 16.1 Å². The molecular formula is C13H17F3IN5.